The van der Waals surface area contributed by atoms with Gasteiger partial charge >= 0.3 is 0 Å². The molecule has 0 spiro atoms. The Morgan fingerprint density at radius 2 is 2.31 bits per heavy atom. The summed E-state index contributed by atoms with van der Waals surface area (Å²) in [6.45, 7) is 0.670. The lowest BCUT2D eigenvalue weighted by Gasteiger charge is -2.01. The van der Waals surface area contributed by atoms with E-state index in [1.807, 2.05) is 13.1 Å². The Labute approximate surface area is 93.9 Å². The number of benzene rings is 1. The second kappa shape index (κ2) is 5.87. The third-order valence-corrected chi connectivity index (χ3v) is 2.05. The highest BCUT2D eigenvalue weighted by atomic mass is 16.6. The third kappa shape index (κ3) is 3.06. The smallest absolute Gasteiger partial charge is 0.280 e. The number of ether oxygens (including phenoxy) is 1. The maximum Gasteiger partial charge on any atom is 0.280 e. The van der Waals surface area contributed by atoms with Crippen LogP contribution in [0, 0.1) is 10.1 Å². The Kier molecular flexibility index (Phi) is 4.47. The topological polar surface area (TPSA) is 64.4 Å². The van der Waals surface area contributed by atoms with Gasteiger partial charge in [-0.05, 0) is 19.2 Å². The Balaban J connectivity index is 3.03. The molecule has 0 aliphatic carbocycles. The van der Waals surface area contributed by atoms with Crippen molar-refractivity contribution < 1.29 is 9.66 Å². The van der Waals surface area contributed by atoms with Crippen molar-refractivity contribution in [3.8, 4) is 5.75 Å². The molecule has 0 saturated heterocycles. The van der Waals surface area contributed by atoms with Crippen molar-refractivity contribution in [1.82, 2.24) is 5.32 Å². The molecule has 0 bridgehead atoms. The van der Waals surface area contributed by atoms with Gasteiger partial charge in [0, 0.05) is 6.54 Å². The molecule has 5 heteroatoms. The predicted octanol–water partition coefficient (Wildman–Crippen LogP) is 1.84. The SMILES string of the molecule is CNCC=Cc1ccc(OC)cc1[N+](=O)[O-]. The molecular formula is C11H14N2O3. The van der Waals surface area contributed by atoms with Crippen LogP contribution in [0.4, 0.5) is 5.69 Å². The second-order valence-electron chi connectivity index (χ2n) is 3.14. The lowest BCUT2D eigenvalue weighted by molar-refractivity contribution is -0.385. The Morgan fingerprint density at radius 1 is 1.56 bits per heavy atom. The largest absolute Gasteiger partial charge is 0.497 e. The first-order valence-electron chi connectivity index (χ1n) is 4.82. The molecule has 16 heavy (non-hydrogen) atoms. The fraction of sp³-hybridized carbons (Fsp3) is 0.273. The van der Waals surface area contributed by atoms with Gasteiger partial charge in [0.1, 0.15) is 5.75 Å². The zero-order chi connectivity index (χ0) is 12.0. The van der Waals surface area contributed by atoms with Crippen LogP contribution in [-0.2, 0) is 0 Å². The summed E-state index contributed by atoms with van der Waals surface area (Å²) >= 11 is 0. The molecule has 1 aromatic rings. The molecule has 1 aromatic carbocycles. The van der Waals surface area contributed by atoms with Crippen molar-refractivity contribution >= 4 is 11.8 Å². The van der Waals surface area contributed by atoms with Gasteiger partial charge in [-0.1, -0.05) is 12.2 Å². The summed E-state index contributed by atoms with van der Waals surface area (Å²) in [6, 6.07) is 4.79. The number of nitro groups is 1. The second-order valence-corrected chi connectivity index (χ2v) is 3.14. The molecule has 0 saturated carbocycles. The molecule has 5 nitrogen and oxygen atoms in total. The summed E-state index contributed by atoms with van der Waals surface area (Å²) in [5, 5.41) is 13.8. The summed E-state index contributed by atoms with van der Waals surface area (Å²) in [4.78, 5) is 10.4. The standard InChI is InChI=1S/C11H14N2O3/c1-12-7-3-4-9-5-6-10(16-2)8-11(9)13(14)15/h3-6,8,12H,7H2,1-2H3. The van der Waals surface area contributed by atoms with Crippen LogP contribution >= 0.6 is 0 Å². The van der Waals surface area contributed by atoms with E-state index in [-0.39, 0.29) is 5.69 Å². The fourth-order valence-corrected chi connectivity index (χ4v) is 1.25. The predicted molar refractivity (Wildman–Crippen MR) is 62.6 cm³/mol. The van der Waals surface area contributed by atoms with Crippen molar-refractivity contribution in [1.29, 1.82) is 0 Å². The number of hydrogen-bond acceptors (Lipinski definition) is 4. The van der Waals surface area contributed by atoms with Gasteiger partial charge in [0.05, 0.1) is 23.7 Å². The van der Waals surface area contributed by atoms with Crippen molar-refractivity contribution in [3.63, 3.8) is 0 Å². The lowest BCUT2D eigenvalue weighted by atomic mass is 10.1. The molecule has 0 amide bonds. The first kappa shape index (κ1) is 12.2. The quantitative estimate of drug-likeness (QED) is 0.609. The first-order chi connectivity index (χ1) is 7.69. The van der Waals surface area contributed by atoms with Crippen LogP contribution in [0.25, 0.3) is 6.08 Å². The average molecular weight is 222 g/mol. The highest BCUT2D eigenvalue weighted by Gasteiger charge is 2.12. The maximum absolute atomic E-state index is 10.8. The summed E-state index contributed by atoms with van der Waals surface area (Å²) in [5.74, 6) is 0.484. The maximum atomic E-state index is 10.8. The molecule has 0 aliphatic rings. The minimum atomic E-state index is -0.415. The van der Waals surface area contributed by atoms with Crippen LogP contribution in [0.1, 0.15) is 5.56 Å². The van der Waals surface area contributed by atoms with Crippen molar-refractivity contribution in [2.24, 2.45) is 0 Å². The van der Waals surface area contributed by atoms with Gasteiger partial charge in [0.15, 0.2) is 0 Å². The molecule has 0 radical (unpaired) electrons. The number of methoxy groups -OCH3 is 1. The van der Waals surface area contributed by atoms with Gasteiger partial charge in [0.25, 0.3) is 5.69 Å². The van der Waals surface area contributed by atoms with E-state index in [9.17, 15) is 10.1 Å². The average Bonchev–Trinajstić information content (AvgIpc) is 2.29. The van der Waals surface area contributed by atoms with E-state index in [4.69, 9.17) is 4.74 Å². The molecule has 0 aromatic heterocycles. The third-order valence-electron chi connectivity index (χ3n) is 2.05. The van der Waals surface area contributed by atoms with Crippen LogP contribution in [-0.4, -0.2) is 25.6 Å². The van der Waals surface area contributed by atoms with Gasteiger partial charge in [-0.15, -0.1) is 0 Å². The van der Waals surface area contributed by atoms with E-state index in [0.717, 1.165) is 0 Å². The molecule has 1 rings (SSSR count). The first-order valence-corrected chi connectivity index (χ1v) is 4.82. The minimum Gasteiger partial charge on any atom is -0.497 e. The molecule has 0 atom stereocenters. The normalized spacial score (nSPS) is 10.6. The number of rotatable bonds is 5. The van der Waals surface area contributed by atoms with Crippen LogP contribution in [0.15, 0.2) is 24.3 Å². The number of nitrogens with zero attached hydrogens (tertiary/aromatic N) is 1. The molecule has 86 valence electrons. The van der Waals surface area contributed by atoms with E-state index in [1.54, 1.807) is 18.2 Å². The van der Waals surface area contributed by atoms with Crippen LogP contribution in [0.5, 0.6) is 5.75 Å². The van der Waals surface area contributed by atoms with Crippen molar-refractivity contribution in [2.75, 3.05) is 20.7 Å². The molecular weight excluding hydrogens is 208 g/mol. The highest BCUT2D eigenvalue weighted by molar-refractivity contribution is 5.62. The molecule has 0 unspecified atom stereocenters. The molecule has 0 fully saturated rings. The number of nitrogens with one attached hydrogen (secondary N) is 1. The number of likely N-dealkylation sites (N-methyl/N-ethyl adjacent to an activating group) is 1. The van der Waals surface area contributed by atoms with Crippen molar-refractivity contribution in [2.45, 2.75) is 0 Å². The van der Waals surface area contributed by atoms with E-state index in [0.29, 0.717) is 17.9 Å². The fourth-order valence-electron chi connectivity index (χ4n) is 1.25. The van der Waals surface area contributed by atoms with Crippen LogP contribution in [0.3, 0.4) is 0 Å². The molecule has 0 aliphatic heterocycles. The lowest BCUT2D eigenvalue weighted by Crippen LogP contribution is -2.03. The molecule has 0 heterocycles. The Hall–Kier alpha value is -1.88. The summed E-state index contributed by atoms with van der Waals surface area (Å²) in [6.07, 6.45) is 3.54. The monoisotopic (exact) mass is 222 g/mol. The van der Waals surface area contributed by atoms with Gasteiger partial charge < -0.3 is 10.1 Å². The highest BCUT2D eigenvalue weighted by Crippen LogP contribution is 2.25. The number of nitro benzene ring substituents is 1. The summed E-state index contributed by atoms with van der Waals surface area (Å²) in [5.41, 5.74) is 0.618. The summed E-state index contributed by atoms with van der Waals surface area (Å²) in [7, 11) is 3.29. The van der Waals surface area contributed by atoms with Crippen LogP contribution < -0.4 is 10.1 Å². The van der Waals surface area contributed by atoms with Gasteiger partial charge in [-0.25, -0.2) is 0 Å². The van der Waals surface area contributed by atoms with E-state index >= 15 is 0 Å². The van der Waals surface area contributed by atoms with E-state index in [1.165, 1.54) is 13.2 Å². The van der Waals surface area contributed by atoms with Crippen molar-refractivity contribution in [3.05, 3.63) is 40.0 Å². The summed E-state index contributed by atoms with van der Waals surface area (Å²) < 4.78 is 4.94. The Morgan fingerprint density at radius 3 is 2.88 bits per heavy atom. The number of hydrogen-bond donors (Lipinski definition) is 1. The molecule has 1 N–H and O–H groups in total. The van der Waals surface area contributed by atoms with Crippen LogP contribution in [0.2, 0.25) is 0 Å². The van der Waals surface area contributed by atoms with E-state index in [2.05, 4.69) is 5.32 Å². The Bertz CT molecular complexity index is 402. The zero-order valence-electron chi connectivity index (χ0n) is 9.27. The zero-order valence-corrected chi connectivity index (χ0v) is 9.27. The minimum absolute atomic E-state index is 0.0479. The van der Waals surface area contributed by atoms with E-state index < -0.39 is 4.92 Å². The van der Waals surface area contributed by atoms with Gasteiger partial charge in [-0.3, -0.25) is 10.1 Å². The van der Waals surface area contributed by atoms with Gasteiger partial charge in [-0.2, -0.15) is 0 Å². The van der Waals surface area contributed by atoms with Gasteiger partial charge in [0.2, 0.25) is 0 Å².